The number of nitrogens with zero attached hydrogens (tertiary/aromatic N) is 1. The average Bonchev–Trinajstić information content (AvgIpc) is 2.92. The van der Waals surface area contributed by atoms with Crippen molar-refractivity contribution < 1.29 is 28.5 Å². The van der Waals surface area contributed by atoms with Crippen LogP contribution < -0.4 is 5.32 Å². The van der Waals surface area contributed by atoms with Crippen molar-refractivity contribution in [2.75, 3.05) is 20.2 Å². The number of methoxy groups -OCH3 is 1. The normalized spacial score (nSPS) is 19.5. The summed E-state index contributed by atoms with van der Waals surface area (Å²) in [6.45, 7) is 1.14. The molecule has 8 nitrogen and oxygen atoms in total. The third-order valence-corrected chi connectivity index (χ3v) is 6.57. The maximum absolute atomic E-state index is 12.7. The molecule has 35 heavy (non-hydrogen) atoms. The molecule has 1 aromatic rings. The van der Waals surface area contributed by atoms with E-state index in [0.717, 1.165) is 24.0 Å². The molecule has 186 valence electrons. The zero-order valence-electron chi connectivity index (χ0n) is 20.0. The number of benzene rings is 1. The van der Waals surface area contributed by atoms with Gasteiger partial charge in [0, 0.05) is 18.6 Å². The molecule has 0 bridgehead atoms. The number of amides is 1. The van der Waals surface area contributed by atoms with Gasteiger partial charge in [0.1, 0.15) is 25.4 Å². The van der Waals surface area contributed by atoms with E-state index < -0.39 is 5.54 Å². The van der Waals surface area contributed by atoms with Crippen LogP contribution in [-0.2, 0) is 30.3 Å². The van der Waals surface area contributed by atoms with Gasteiger partial charge < -0.3 is 23.8 Å². The van der Waals surface area contributed by atoms with Gasteiger partial charge in [-0.1, -0.05) is 48.6 Å². The molecular weight excluding hydrogens is 448 g/mol. The molecule has 1 atom stereocenters. The van der Waals surface area contributed by atoms with Gasteiger partial charge in [-0.15, -0.1) is 0 Å². The zero-order valence-corrected chi connectivity index (χ0v) is 20.0. The number of hydrogen-bond acceptors (Lipinski definition) is 7. The lowest BCUT2D eigenvalue weighted by Gasteiger charge is -2.44. The number of carbonyl (C=O) groups excluding carboxylic acids is 2. The fraction of sp³-hybridized carbons (Fsp3) is 0.407. The minimum Gasteiger partial charge on any atom is -0.469 e. The molecule has 0 saturated carbocycles. The molecule has 1 fully saturated rings. The maximum Gasteiger partial charge on any atom is 0.410 e. The summed E-state index contributed by atoms with van der Waals surface area (Å²) in [7, 11) is 1.39. The van der Waals surface area contributed by atoms with Gasteiger partial charge in [-0.2, -0.15) is 0 Å². The lowest BCUT2D eigenvalue weighted by Crippen LogP contribution is -2.59. The van der Waals surface area contributed by atoms with Crippen LogP contribution in [0.2, 0.25) is 0 Å². The van der Waals surface area contributed by atoms with Crippen molar-refractivity contribution in [3.05, 3.63) is 84.2 Å². The first kappa shape index (κ1) is 24.6. The summed E-state index contributed by atoms with van der Waals surface area (Å²) in [6, 6.07) is 9.32. The standard InChI is InChI=1S/C27H32N2O6/c1-32-24(30)18-27(28-25(22-10-6-3-7-11-22)23-20-33-16-17-34-23)12-14-29(15-13-27)26(31)35-19-21-8-4-2-5-9-21/h2-6,8-10,16-17,20,25,28H,7,11-15,18-19H2,1H3. The molecule has 8 heteroatoms. The Kier molecular flexibility index (Phi) is 8.26. The fourth-order valence-corrected chi connectivity index (χ4v) is 4.57. The van der Waals surface area contributed by atoms with Crippen LogP contribution in [0.1, 0.15) is 37.7 Å². The molecule has 1 aliphatic carbocycles. The number of hydrogen-bond donors (Lipinski definition) is 1. The Morgan fingerprint density at radius 2 is 1.97 bits per heavy atom. The minimum atomic E-state index is -0.582. The van der Waals surface area contributed by atoms with E-state index in [9.17, 15) is 9.59 Å². The van der Waals surface area contributed by atoms with E-state index in [-0.39, 0.29) is 31.1 Å². The first-order valence-electron chi connectivity index (χ1n) is 11.9. The smallest absolute Gasteiger partial charge is 0.410 e. The number of allylic oxidation sites excluding steroid dienone is 3. The fourth-order valence-electron chi connectivity index (χ4n) is 4.57. The van der Waals surface area contributed by atoms with Gasteiger partial charge in [0.2, 0.25) is 0 Å². The van der Waals surface area contributed by atoms with Gasteiger partial charge in [-0.25, -0.2) is 4.79 Å². The molecule has 1 amide bonds. The summed E-state index contributed by atoms with van der Waals surface area (Å²) in [5.74, 6) is 0.326. The predicted octanol–water partition coefficient (Wildman–Crippen LogP) is 4.31. The number of nitrogens with one attached hydrogen (secondary N) is 1. The Morgan fingerprint density at radius 1 is 1.17 bits per heavy atom. The zero-order chi connectivity index (χ0) is 24.5. The van der Waals surface area contributed by atoms with Crippen LogP contribution in [0.3, 0.4) is 0 Å². The Balaban J connectivity index is 1.46. The van der Waals surface area contributed by atoms with Crippen LogP contribution in [0.15, 0.2) is 78.7 Å². The van der Waals surface area contributed by atoms with Crippen LogP contribution in [0.4, 0.5) is 4.79 Å². The van der Waals surface area contributed by atoms with Gasteiger partial charge in [-0.05, 0) is 36.8 Å². The van der Waals surface area contributed by atoms with E-state index in [4.69, 9.17) is 18.9 Å². The van der Waals surface area contributed by atoms with Crippen molar-refractivity contribution in [3.63, 3.8) is 0 Å². The van der Waals surface area contributed by atoms with Gasteiger partial charge in [0.25, 0.3) is 0 Å². The largest absolute Gasteiger partial charge is 0.469 e. The minimum absolute atomic E-state index is 0.181. The van der Waals surface area contributed by atoms with E-state index in [0.29, 0.717) is 31.7 Å². The van der Waals surface area contributed by atoms with Crippen LogP contribution in [0.25, 0.3) is 0 Å². The second-order valence-electron chi connectivity index (χ2n) is 8.89. The first-order valence-corrected chi connectivity index (χ1v) is 11.9. The summed E-state index contributed by atoms with van der Waals surface area (Å²) >= 11 is 0. The van der Waals surface area contributed by atoms with Crippen molar-refractivity contribution in [2.24, 2.45) is 0 Å². The van der Waals surface area contributed by atoms with Crippen LogP contribution in [-0.4, -0.2) is 48.7 Å². The van der Waals surface area contributed by atoms with Crippen LogP contribution in [0, 0.1) is 0 Å². The monoisotopic (exact) mass is 480 g/mol. The Hall–Kier alpha value is -3.52. The molecular formula is C27H32N2O6. The quantitative estimate of drug-likeness (QED) is 0.555. The predicted molar refractivity (Wildman–Crippen MR) is 130 cm³/mol. The highest BCUT2D eigenvalue weighted by molar-refractivity contribution is 5.71. The van der Waals surface area contributed by atoms with Crippen molar-refractivity contribution in [1.82, 2.24) is 10.2 Å². The highest BCUT2D eigenvalue weighted by Crippen LogP contribution is 2.32. The molecule has 2 aliphatic heterocycles. The lowest BCUT2D eigenvalue weighted by molar-refractivity contribution is -0.143. The van der Waals surface area contributed by atoms with E-state index >= 15 is 0 Å². The first-order chi connectivity index (χ1) is 17.1. The molecule has 0 radical (unpaired) electrons. The summed E-state index contributed by atoms with van der Waals surface area (Å²) in [6.07, 6.45) is 13.5. The van der Waals surface area contributed by atoms with Gasteiger partial charge >= 0.3 is 12.1 Å². The van der Waals surface area contributed by atoms with E-state index in [2.05, 4.69) is 17.5 Å². The molecule has 3 aliphatic rings. The number of ether oxygens (including phenoxy) is 4. The average molecular weight is 481 g/mol. The molecule has 2 heterocycles. The number of likely N-dealkylation sites (tertiary alicyclic amines) is 1. The third-order valence-electron chi connectivity index (χ3n) is 6.57. The maximum atomic E-state index is 12.7. The number of carbonyl (C=O) groups is 2. The van der Waals surface area contributed by atoms with Crippen molar-refractivity contribution in [1.29, 1.82) is 0 Å². The second kappa shape index (κ2) is 11.8. The second-order valence-corrected chi connectivity index (χ2v) is 8.89. The van der Waals surface area contributed by atoms with Crippen molar-refractivity contribution in [2.45, 2.75) is 50.3 Å². The summed E-state index contributed by atoms with van der Waals surface area (Å²) < 4.78 is 21.7. The van der Waals surface area contributed by atoms with Crippen molar-refractivity contribution in [3.8, 4) is 0 Å². The Labute approximate surface area is 205 Å². The SMILES string of the molecule is COC(=O)CC1(NC(C2=CC=CCC2)C2=COC=CO2)CCN(C(=O)OCc2ccccc2)CC1. The number of esters is 1. The summed E-state index contributed by atoms with van der Waals surface area (Å²) in [4.78, 5) is 26.8. The summed E-state index contributed by atoms with van der Waals surface area (Å²) in [5.41, 5.74) is 1.50. The summed E-state index contributed by atoms with van der Waals surface area (Å²) in [5, 5.41) is 3.70. The van der Waals surface area contributed by atoms with Gasteiger partial charge in [0.15, 0.2) is 5.76 Å². The molecule has 0 aromatic heterocycles. The van der Waals surface area contributed by atoms with Gasteiger partial charge in [-0.3, -0.25) is 10.1 Å². The molecule has 1 unspecified atom stereocenters. The van der Waals surface area contributed by atoms with Crippen LogP contribution in [0.5, 0.6) is 0 Å². The highest BCUT2D eigenvalue weighted by Gasteiger charge is 2.41. The number of piperidine rings is 1. The molecule has 1 aromatic carbocycles. The lowest BCUT2D eigenvalue weighted by atomic mass is 9.82. The Bertz CT molecular complexity index is 1010. The van der Waals surface area contributed by atoms with E-state index in [1.807, 2.05) is 36.4 Å². The third kappa shape index (κ3) is 6.54. The van der Waals surface area contributed by atoms with Crippen LogP contribution >= 0.6 is 0 Å². The van der Waals surface area contributed by atoms with Crippen molar-refractivity contribution >= 4 is 12.1 Å². The van der Waals surface area contributed by atoms with E-state index in [1.165, 1.54) is 19.6 Å². The number of rotatable bonds is 8. The molecule has 4 rings (SSSR count). The molecule has 0 spiro atoms. The highest BCUT2D eigenvalue weighted by atomic mass is 16.6. The Morgan fingerprint density at radius 3 is 2.63 bits per heavy atom. The van der Waals surface area contributed by atoms with E-state index in [1.54, 1.807) is 11.2 Å². The van der Waals surface area contributed by atoms with Gasteiger partial charge in [0.05, 0.1) is 19.6 Å². The molecule has 1 N–H and O–H groups in total. The molecule has 1 saturated heterocycles. The topological polar surface area (TPSA) is 86.3 Å².